The summed E-state index contributed by atoms with van der Waals surface area (Å²) < 4.78 is 5.77. The molecule has 1 amide bonds. The molecule has 0 saturated carbocycles. The molecule has 0 aliphatic heterocycles. The van der Waals surface area contributed by atoms with Gasteiger partial charge in [0.2, 0.25) is 11.8 Å². The number of thioether (sulfide) groups is 1. The van der Waals surface area contributed by atoms with Crippen LogP contribution in [-0.2, 0) is 4.79 Å². The molecule has 0 spiro atoms. The maximum absolute atomic E-state index is 12.7. The van der Waals surface area contributed by atoms with E-state index in [4.69, 9.17) is 4.42 Å². The number of benzene rings is 2. The molecule has 162 valence electrons. The Bertz CT molecular complexity index is 1030. The number of amides is 1. The topological polar surface area (TPSA) is 88.3 Å². The van der Waals surface area contributed by atoms with E-state index in [0.29, 0.717) is 22.4 Å². The second kappa shape index (κ2) is 10.3. The van der Waals surface area contributed by atoms with Crippen LogP contribution >= 0.6 is 11.8 Å². The van der Waals surface area contributed by atoms with Crippen LogP contribution < -0.4 is 10.2 Å². The monoisotopic (exact) mass is 438 g/mol. The molecule has 1 atom stereocenters. The number of carbonyl (C=O) groups excluding carboxylic acids is 2. The quantitative estimate of drug-likeness (QED) is 0.375. The minimum absolute atomic E-state index is 0.0531. The largest absolute Gasteiger partial charge is 0.411 e. The van der Waals surface area contributed by atoms with Crippen LogP contribution in [0.3, 0.4) is 0 Å². The Hall–Kier alpha value is -3.13. The third-order valence-corrected chi connectivity index (χ3v) is 5.72. The Balaban J connectivity index is 1.64. The van der Waals surface area contributed by atoms with E-state index in [2.05, 4.69) is 34.3 Å². The molecule has 0 fully saturated rings. The summed E-state index contributed by atoms with van der Waals surface area (Å²) in [5, 5.41) is 10.8. The molecular formula is C23H26N4O3S. The normalized spacial score (nSPS) is 11.7. The van der Waals surface area contributed by atoms with Gasteiger partial charge in [-0.2, -0.15) is 0 Å². The van der Waals surface area contributed by atoms with Gasteiger partial charge in [0.15, 0.2) is 5.78 Å². The zero-order valence-electron chi connectivity index (χ0n) is 18.1. The van der Waals surface area contributed by atoms with Crippen LogP contribution in [0.1, 0.15) is 38.1 Å². The fourth-order valence-electron chi connectivity index (χ4n) is 3.14. The number of Topliss-reactive ketones (excluding diaryl/α,β-unsaturated/α-hetero) is 1. The first-order valence-corrected chi connectivity index (χ1v) is 11.1. The van der Waals surface area contributed by atoms with Crippen molar-refractivity contribution < 1.29 is 14.0 Å². The molecule has 31 heavy (non-hydrogen) atoms. The number of carbonyl (C=O) groups is 2. The average molecular weight is 439 g/mol. The van der Waals surface area contributed by atoms with Gasteiger partial charge in [0, 0.05) is 42.5 Å². The molecule has 0 aliphatic carbocycles. The molecule has 1 aromatic heterocycles. The summed E-state index contributed by atoms with van der Waals surface area (Å²) in [6.45, 7) is 9.38. The highest BCUT2D eigenvalue weighted by atomic mass is 32.2. The van der Waals surface area contributed by atoms with Crippen LogP contribution in [0.4, 0.5) is 11.4 Å². The van der Waals surface area contributed by atoms with Crippen LogP contribution in [0.25, 0.3) is 11.5 Å². The van der Waals surface area contributed by atoms with Crippen molar-refractivity contribution in [3.63, 3.8) is 0 Å². The van der Waals surface area contributed by atoms with Gasteiger partial charge in [0.25, 0.3) is 5.22 Å². The van der Waals surface area contributed by atoms with Crippen molar-refractivity contribution in [2.45, 2.75) is 38.2 Å². The Morgan fingerprint density at radius 2 is 1.68 bits per heavy atom. The smallest absolute Gasteiger partial charge is 0.277 e. The minimum Gasteiger partial charge on any atom is -0.411 e. The van der Waals surface area contributed by atoms with Crippen LogP contribution in [-0.4, -0.2) is 40.2 Å². The Morgan fingerprint density at radius 3 is 2.26 bits per heavy atom. The highest BCUT2D eigenvalue weighted by molar-refractivity contribution is 8.00. The standard InChI is InChI=1S/C23H26N4O3S/c1-5-27(6-2)20-13-9-18(10-14-20)22-25-26-23(30-22)31-15(3)21(29)17-7-11-19(12-8-17)24-16(4)28/h7-15H,5-6H2,1-4H3,(H,24,28). The summed E-state index contributed by atoms with van der Waals surface area (Å²) in [6.07, 6.45) is 0. The van der Waals surface area contributed by atoms with Gasteiger partial charge >= 0.3 is 0 Å². The van der Waals surface area contributed by atoms with E-state index >= 15 is 0 Å². The van der Waals surface area contributed by atoms with Crippen molar-refractivity contribution >= 4 is 34.8 Å². The second-order valence-electron chi connectivity index (χ2n) is 6.98. The zero-order valence-corrected chi connectivity index (χ0v) is 18.9. The summed E-state index contributed by atoms with van der Waals surface area (Å²) in [6, 6.07) is 14.8. The number of hydrogen-bond donors (Lipinski definition) is 1. The maximum Gasteiger partial charge on any atom is 0.277 e. The fourth-order valence-corrected chi connectivity index (χ4v) is 3.90. The minimum atomic E-state index is -0.398. The number of anilines is 2. The lowest BCUT2D eigenvalue weighted by atomic mass is 10.1. The third kappa shape index (κ3) is 5.73. The van der Waals surface area contributed by atoms with Crippen molar-refractivity contribution in [1.29, 1.82) is 0 Å². The number of rotatable bonds is 9. The van der Waals surface area contributed by atoms with Crippen molar-refractivity contribution in [3.8, 4) is 11.5 Å². The molecule has 8 heteroatoms. The van der Waals surface area contributed by atoms with E-state index in [0.717, 1.165) is 24.3 Å². The maximum atomic E-state index is 12.7. The summed E-state index contributed by atoms with van der Waals surface area (Å²) in [7, 11) is 0. The summed E-state index contributed by atoms with van der Waals surface area (Å²) >= 11 is 1.22. The van der Waals surface area contributed by atoms with Gasteiger partial charge in [-0.3, -0.25) is 9.59 Å². The van der Waals surface area contributed by atoms with Gasteiger partial charge < -0.3 is 14.6 Å². The second-order valence-corrected chi connectivity index (χ2v) is 8.27. The van der Waals surface area contributed by atoms with Gasteiger partial charge in [-0.25, -0.2) is 0 Å². The van der Waals surface area contributed by atoms with Crippen molar-refractivity contribution in [3.05, 3.63) is 54.1 Å². The van der Waals surface area contributed by atoms with Crippen LogP contribution in [0.15, 0.2) is 58.2 Å². The number of hydrogen-bond acceptors (Lipinski definition) is 7. The van der Waals surface area contributed by atoms with E-state index < -0.39 is 5.25 Å². The first kappa shape index (κ1) is 22.6. The van der Waals surface area contributed by atoms with Crippen molar-refractivity contribution in [1.82, 2.24) is 10.2 Å². The molecule has 0 aliphatic rings. The molecule has 1 heterocycles. The van der Waals surface area contributed by atoms with Crippen molar-refractivity contribution in [2.24, 2.45) is 0 Å². The molecule has 0 saturated heterocycles. The zero-order chi connectivity index (χ0) is 22.4. The third-order valence-electron chi connectivity index (χ3n) is 4.79. The summed E-state index contributed by atoms with van der Waals surface area (Å²) in [5.41, 5.74) is 3.19. The Morgan fingerprint density at radius 1 is 1.03 bits per heavy atom. The molecule has 1 unspecified atom stereocenters. The van der Waals surface area contributed by atoms with Gasteiger partial charge in [-0.1, -0.05) is 11.8 Å². The number of aromatic nitrogens is 2. The van der Waals surface area contributed by atoms with Gasteiger partial charge in [-0.15, -0.1) is 10.2 Å². The van der Waals surface area contributed by atoms with Crippen LogP contribution in [0.2, 0.25) is 0 Å². The van der Waals surface area contributed by atoms with E-state index in [9.17, 15) is 9.59 Å². The van der Waals surface area contributed by atoms with Gasteiger partial charge in [0.05, 0.1) is 5.25 Å². The summed E-state index contributed by atoms with van der Waals surface area (Å²) in [4.78, 5) is 26.1. The Kier molecular flexibility index (Phi) is 7.46. The van der Waals surface area contributed by atoms with Crippen LogP contribution in [0, 0.1) is 0 Å². The first-order chi connectivity index (χ1) is 14.9. The lowest BCUT2D eigenvalue weighted by molar-refractivity contribution is -0.114. The SMILES string of the molecule is CCN(CC)c1ccc(-c2nnc(SC(C)C(=O)c3ccc(NC(C)=O)cc3)o2)cc1. The summed E-state index contributed by atoms with van der Waals surface area (Å²) in [5.74, 6) is 0.216. The molecule has 0 bridgehead atoms. The predicted octanol–water partition coefficient (Wildman–Crippen LogP) is 4.90. The fraction of sp³-hybridized carbons (Fsp3) is 0.304. The lowest BCUT2D eigenvalue weighted by Gasteiger charge is -2.20. The molecule has 1 N–H and O–H groups in total. The van der Waals surface area contributed by atoms with E-state index in [-0.39, 0.29) is 11.7 Å². The predicted molar refractivity (Wildman–Crippen MR) is 124 cm³/mol. The molecule has 2 aromatic carbocycles. The van der Waals surface area contributed by atoms with Crippen molar-refractivity contribution in [2.75, 3.05) is 23.3 Å². The molecule has 3 rings (SSSR count). The van der Waals surface area contributed by atoms with Gasteiger partial charge in [0.1, 0.15) is 0 Å². The molecule has 0 radical (unpaired) electrons. The van der Waals surface area contributed by atoms with E-state index in [1.165, 1.54) is 18.7 Å². The molecule has 3 aromatic rings. The van der Waals surface area contributed by atoms with E-state index in [1.54, 1.807) is 31.2 Å². The average Bonchev–Trinajstić information content (AvgIpc) is 3.23. The van der Waals surface area contributed by atoms with Crippen LogP contribution in [0.5, 0.6) is 0 Å². The molecular weight excluding hydrogens is 412 g/mol. The van der Waals surface area contributed by atoms with Gasteiger partial charge in [-0.05, 0) is 69.3 Å². The van der Waals surface area contributed by atoms with E-state index in [1.807, 2.05) is 24.3 Å². The highest BCUT2D eigenvalue weighted by Crippen LogP contribution is 2.29. The lowest BCUT2D eigenvalue weighted by Crippen LogP contribution is -2.21. The highest BCUT2D eigenvalue weighted by Gasteiger charge is 2.20. The number of ketones is 1. The number of nitrogens with one attached hydrogen (secondary N) is 1. The molecule has 7 nitrogen and oxygen atoms in total. The number of nitrogens with zero attached hydrogens (tertiary/aromatic N) is 3. The first-order valence-electron chi connectivity index (χ1n) is 10.2. The Labute approximate surface area is 186 Å².